The maximum absolute atomic E-state index is 10.8. The van der Waals surface area contributed by atoms with Crippen molar-refractivity contribution in [1.82, 2.24) is 4.90 Å². The molecular weight excluding hydrogens is 206 g/mol. The van der Waals surface area contributed by atoms with Gasteiger partial charge in [-0.2, -0.15) is 0 Å². The number of hydrogen-bond donors (Lipinski definition) is 2. The summed E-state index contributed by atoms with van der Waals surface area (Å²) in [5.74, 6) is -1.86. The van der Waals surface area contributed by atoms with Crippen molar-refractivity contribution in [2.24, 2.45) is 0 Å². The molecule has 0 aromatic carbocycles. The van der Waals surface area contributed by atoms with E-state index in [0.29, 0.717) is 4.90 Å². The van der Waals surface area contributed by atoms with Crippen LogP contribution < -0.4 is 0 Å². The van der Waals surface area contributed by atoms with Crippen molar-refractivity contribution in [3.8, 4) is 0 Å². The number of rotatable bonds is 2. The summed E-state index contributed by atoms with van der Waals surface area (Å²) in [6, 6.07) is -1.13. The minimum Gasteiger partial charge on any atom is -0.480 e. The molecule has 1 heterocycles. The molecule has 0 spiro atoms. The first-order chi connectivity index (χ1) is 6.93. The molecule has 0 bridgehead atoms. The molecule has 7 nitrogen and oxygen atoms in total. The van der Waals surface area contributed by atoms with Gasteiger partial charge in [0.1, 0.15) is 6.04 Å². The average molecular weight is 217 g/mol. The topological polar surface area (TPSA) is 104 Å². The van der Waals surface area contributed by atoms with Crippen LogP contribution in [0.5, 0.6) is 0 Å². The summed E-state index contributed by atoms with van der Waals surface area (Å²) < 4.78 is 4.71. The maximum atomic E-state index is 10.8. The second kappa shape index (κ2) is 4.16. The summed E-state index contributed by atoms with van der Waals surface area (Å²) in [6.07, 6.45) is -2.02. The van der Waals surface area contributed by atoms with Crippen molar-refractivity contribution in [3.05, 3.63) is 0 Å². The predicted octanol–water partition coefficient (Wildman–Crippen LogP) is 0.103. The second-order valence-corrected chi connectivity index (χ2v) is 3.19. The highest BCUT2D eigenvalue weighted by molar-refractivity contribution is 5.80. The van der Waals surface area contributed by atoms with Gasteiger partial charge in [-0.15, -0.1) is 0 Å². The Bertz CT molecular complexity index is 302. The van der Waals surface area contributed by atoms with Crippen LogP contribution in [0.2, 0.25) is 0 Å². The van der Waals surface area contributed by atoms with Crippen LogP contribution in [-0.4, -0.2) is 45.4 Å². The van der Waals surface area contributed by atoms with E-state index in [0.717, 1.165) is 6.92 Å². The average Bonchev–Trinajstić information content (AvgIpc) is 2.46. The first kappa shape index (κ1) is 11.3. The number of carbonyl (C=O) groups is 3. The molecule has 0 aromatic rings. The third-order valence-electron chi connectivity index (χ3n) is 2.14. The Balaban J connectivity index is 2.79. The number of esters is 1. The van der Waals surface area contributed by atoms with Crippen LogP contribution in [0, 0.1) is 0 Å². The first-order valence-corrected chi connectivity index (χ1v) is 4.34. The molecule has 2 N–H and O–H groups in total. The molecule has 1 aliphatic heterocycles. The van der Waals surface area contributed by atoms with Crippen molar-refractivity contribution >= 4 is 18.0 Å². The van der Waals surface area contributed by atoms with Crippen LogP contribution in [0.25, 0.3) is 0 Å². The number of amides is 1. The maximum Gasteiger partial charge on any atom is 0.410 e. The molecule has 1 aliphatic rings. The molecule has 1 fully saturated rings. The van der Waals surface area contributed by atoms with Crippen molar-refractivity contribution in [1.29, 1.82) is 0 Å². The van der Waals surface area contributed by atoms with Gasteiger partial charge in [-0.3, -0.25) is 9.69 Å². The lowest BCUT2D eigenvalue weighted by atomic mass is 10.2. The van der Waals surface area contributed by atoms with Crippen LogP contribution in [0.3, 0.4) is 0 Å². The van der Waals surface area contributed by atoms with Gasteiger partial charge in [-0.05, 0) is 6.42 Å². The van der Waals surface area contributed by atoms with Gasteiger partial charge in [0.25, 0.3) is 0 Å². The van der Waals surface area contributed by atoms with E-state index in [1.807, 2.05) is 0 Å². The summed E-state index contributed by atoms with van der Waals surface area (Å²) in [7, 11) is 0. The lowest BCUT2D eigenvalue weighted by molar-refractivity contribution is -0.157. The molecule has 0 aromatic heterocycles. The number of likely N-dealkylation sites (tertiary alicyclic amines) is 1. The largest absolute Gasteiger partial charge is 0.480 e. The van der Waals surface area contributed by atoms with Crippen molar-refractivity contribution in [2.75, 3.05) is 0 Å². The third kappa shape index (κ3) is 2.36. The van der Waals surface area contributed by atoms with Crippen LogP contribution >= 0.6 is 0 Å². The fourth-order valence-electron chi connectivity index (χ4n) is 1.59. The Morgan fingerprint density at radius 3 is 2.27 bits per heavy atom. The van der Waals surface area contributed by atoms with E-state index in [9.17, 15) is 14.4 Å². The number of nitrogens with zero attached hydrogens (tertiary/aromatic N) is 1. The fraction of sp³-hybridized carbons (Fsp3) is 0.625. The smallest absolute Gasteiger partial charge is 0.410 e. The fourth-order valence-corrected chi connectivity index (χ4v) is 1.59. The van der Waals surface area contributed by atoms with Gasteiger partial charge in [0.15, 0.2) is 6.23 Å². The van der Waals surface area contributed by atoms with Crippen LogP contribution in [-0.2, 0) is 14.3 Å². The lowest BCUT2D eigenvalue weighted by Gasteiger charge is -2.24. The number of hydrogen-bond acceptors (Lipinski definition) is 4. The van der Waals surface area contributed by atoms with E-state index in [2.05, 4.69) is 0 Å². The molecule has 0 radical (unpaired) electrons. The highest BCUT2D eigenvalue weighted by Crippen LogP contribution is 2.25. The van der Waals surface area contributed by atoms with Crippen LogP contribution in [0.15, 0.2) is 0 Å². The summed E-state index contributed by atoms with van der Waals surface area (Å²) >= 11 is 0. The Morgan fingerprint density at radius 1 is 1.27 bits per heavy atom. The van der Waals surface area contributed by atoms with Gasteiger partial charge < -0.3 is 14.9 Å². The molecule has 15 heavy (non-hydrogen) atoms. The zero-order valence-electron chi connectivity index (χ0n) is 8.04. The molecule has 1 saturated heterocycles. The monoisotopic (exact) mass is 217 g/mol. The highest BCUT2D eigenvalue weighted by Gasteiger charge is 2.42. The minimum absolute atomic E-state index is 0.152. The van der Waals surface area contributed by atoms with Gasteiger partial charge in [0.2, 0.25) is 0 Å². The molecule has 1 rings (SSSR count). The lowest BCUT2D eigenvalue weighted by Crippen LogP contribution is -2.45. The van der Waals surface area contributed by atoms with E-state index in [4.69, 9.17) is 14.9 Å². The van der Waals surface area contributed by atoms with E-state index < -0.39 is 30.3 Å². The number of aliphatic carboxylic acids is 1. The summed E-state index contributed by atoms with van der Waals surface area (Å²) in [5.41, 5.74) is 0. The van der Waals surface area contributed by atoms with E-state index in [1.54, 1.807) is 0 Å². The molecule has 0 saturated carbocycles. The zero-order valence-corrected chi connectivity index (χ0v) is 8.04. The highest BCUT2D eigenvalue weighted by atomic mass is 16.6. The first-order valence-electron chi connectivity index (χ1n) is 4.34. The predicted molar refractivity (Wildman–Crippen MR) is 46.1 cm³/mol. The molecule has 1 unspecified atom stereocenters. The van der Waals surface area contributed by atoms with Gasteiger partial charge >= 0.3 is 18.0 Å². The Labute approximate surface area is 85.2 Å². The van der Waals surface area contributed by atoms with Gasteiger partial charge in [-0.25, -0.2) is 9.59 Å². The zero-order chi connectivity index (χ0) is 11.6. The SMILES string of the molecule is CC(=O)O[C@H]1CCC(C(=O)O)N1C(=O)O. The number of carbonyl (C=O) groups excluding carboxylic acids is 1. The summed E-state index contributed by atoms with van der Waals surface area (Å²) in [5, 5.41) is 17.5. The number of carboxylic acids is 1. The molecular formula is C8H11NO6. The van der Waals surface area contributed by atoms with Crippen LogP contribution in [0.1, 0.15) is 19.8 Å². The van der Waals surface area contributed by atoms with Crippen molar-refractivity contribution in [2.45, 2.75) is 32.0 Å². The quantitative estimate of drug-likeness (QED) is 0.636. The van der Waals surface area contributed by atoms with Crippen molar-refractivity contribution < 1.29 is 29.3 Å². The Morgan fingerprint density at radius 2 is 1.87 bits per heavy atom. The Hall–Kier alpha value is -1.79. The molecule has 7 heteroatoms. The standard InChI is InChI=1S/C8H11NO6/c1-4(10)15-6-3-2-5(7(11)12)9(6)8(13)14/h5-6H,2-3H2,1H3,(H,11,12)(H,13,14)/t5?,6-/m0/s1. The molecule has 0 aliphatic carbocycles. The van der Waals surface area contributed by atoms with Gasteiger partial charge in [0, 0.05) is 13.3 Å². The third-order valence-corrected chi connectivity index (χ3v) is 2.14. The molecule has 84 valence electrons. The van der Waals surface area contributed by atoms with E-state index in [1.165, 1.54) is 0 Å². The van der Waals surface area contributed by atoms with Gasteiger partial charge in [-0.1, -0.05) is 0 Å². The van der Waals surface area contributed by atoms with E-state index in [-0.39, 0.29) is 12.8 Å². The van der Waals surface area contributed by atoms with Crippen LogP contribution in [0.4, 0.5) is 4.79 Å². The summed E-state index contributed by atoms with van der Waals surface area (Å²) in [6.45, 7) is 1.15. The number of carboxylic acid groups (broad SMARTS) is 2. The molecule has 2 atom stereocenters. The number of ether oxygens (including phenoxy) is 1. The van der Waals surface area contributed by atoms with E-state index >= 15 is 0 Å². The minimum atomic E-state index is -1.40. The molecule has 1 amide bonds. The van der Waals surface area contributed by atoms with Gasteiger partial charge in [0.05, 0.1) is 0 Å². The Kier molecular flexibility index (Phi) is 3.13. The summed E-state index contributed by atoms with van der Waals surface area (Å²) in [4.78, 5) is 32.8. The van der Waals surface area contributed by atoms with Crippen molar-refractivity contribution in [3.63, 3.8) is 0 Å². The normalized spacial score (nSPS) is 25.0. The second-order valence-electron chi connectivity index (χ2n) is 3.19.